The number of hydrogen-bond acceptors (Lipinski definition) is 2. The van der Waals surface area contributed by atoms with Crippen molar-refractivity contribution >= 4 is 17.2 Å². The SMILES string of the molecule is CCC(C(N)=S)N(C)CCc1ccccc1. The Kier molecular flexibility index (Phi) is 5.43. The second kappa shape index (κ2) is 6.61. The fourth-order valence-corrected chi connectivity index (χ4v) is 2.18. The van der Waals surface area contributed by atoms with E-state index in [1.165, 1.54) is 5.56 Å². The van der Waals surface area contributed by atoms with Gasteiger partial charge in [0.25, 0.3) is 0 Å². The first-order valence-corrected chi connectivity index (χ1v) is 6.09. The van der Waals surface area contributed by atoms with Gasteiger partial charge in [0.2, 0.25) is 0 Å². The highest BCUT2D eigenvalue weighted by Crippen LogP contribution is 2.05. The van der Waals surface area contributed by atoms with Crippen molar-refractivity contribution in [3.05, 3.63) is 35.9 Å². The summed E-state index contributed by atoms with van der Waals surface area (Å²) < 4.78 is 0. The predicted molar refractivity (Wildman–Crippen MR) is 73.6 cm³/mol. The number of nitrogens with two attached hydrogens (primary N) is 1. The van der Waals surface area contributed by atoms with Gasteiger partial charge in [-0.15, -0.1) is 0 Å². The summed E-state index contributed by atoms with van der Waals surface area (Å²) in [4.78, 5) is 2.83. The minimum atomic E-state index is 0.221. The molecular weight excluding hydrogens is 216 g/mol. The second-order valence-corrected chi connectivity index (χ2v) is 4.51. The highest BCUT2D eigenvalue weighted by molar-refractivity contribution is 7.80. The van der Waals surface area contributed by atoms with Crippen molar-refractivity contribution in [1.29, 1.82) is 0 Å². The van der Waals surface area contributed by atoms with Crippen LogP contribution in [-0.2, 0) is 6.42 Å². The lowest BCUT2D eigenvalue weighted by Crippen LogP contribution is -2.41. The standard InChI is InChI=1S/C13H20N2S/c1-3-12(13(14)16)15(2)10-9-11-7-5-4-6-8-11/h4-8,12H,3,9-10H2,1-2H3,(H2,14,16). The molecule has 0 saturated carbocycles. The molecule has 88 valence electrons. The lowest BCUT2D eigenvalue weighted by molar-refractivity contribution is 0.295. The number of hydrogen-bond donors (Lipinski definition) is 1. The van der Waals surface area contributed by atoms with Crippen LogP contribution in [0.15, 0.2) is 30.3 Å². The summed E-state index contributed by atoms with van der Waals surface area (Å²) in [5.41, 5.74) is 7.06. The van der Waals surface area contributed by atoms with E-state index in [2.05, 4.69) is 43.1 Å². The molecule has 2 N–H and O–H groups in total. The van der Waals surface area contributed by atoms with E-state index in [-0.39, 0.29) is 6.04 Å². The van der Waals surface area contributed by atoms with Crippen molar-refractivity contribution in [3.8, 4) is 0 Å². The van der Waals surface area contributed by atoms with Gasteiger partial charge >= 0.3 is 0 Å². The maximum atomic E-state index is 5.71. The summed E-state index contributed by atoms with van der Waals surface area (Å²) in [6, 6.07) is 10.7. The van der Waals surface area contributed by atoms with Crippen LogP contribution in [0.2, 0.25) is 0 Å². The number of rotatable bonds is 6. The van der Waals surface area contributed by atoms with Gasteiger partial charge in [0, 0.05) is 6.54 Å². The van der Waals surface area contributed by atoms with Crippen LogP contribution < -0.4 is 5.73 Å². The van der Waals surface area contributed by atoms with Gasteiger partial charge in [0.1, 0.15) is 0 Å². The van der Waals surface area contributed by atoms with Crippen LogP contribution in [0.25, 0.3) is 0 Å². The molecule has 1 unspecified atom stereocenters. The Hall–Kier alpha value is -0.930. The van der Waals surface area contributed by atoms with Gasteiger partial charge in [-0.1, -0.05) is 49.5 Å². The first-order chi connectivity index (χ1) is 7.65. The molecule has 16 heavy (non-hydrogen) atoms. The van der Waals surface area contributed by atoms with Crippen molar-refractivity contribution in [2.75, 3.05) is 13.6 Å². The molecule has 0 heterocycles. The van der Waals surface area contributed by atoms with E-state index in [0.29, 0.717) is 4.99 Å². The topological polar surface area (TPSA) is 29.3 Å². The summed E-state index contributed by atoms with van der Waals surface area (Å²) in [6.45, 7) is 3.10. The van der Waals surface area contributed by atoms with E-state index in [4.69, 9.17) is 18.0 Å². The van der Waals surface area contributed by atoms with Gasteiger partial charge < -0.3 is 5.73 Å². The van der Waals surface area contributed by atoms with Crippen LogP contribution in [0, 0.1) is 0 Å². The van der Waals surface area contributed by atoms with Crippen LogP contribution in [0.4, 0.5) is 0 Å². The third-order valence-corrected chi connectivity index (χ3v) is 3.12. The second-order valence-electron chi connectivity index (χ2n) is 4.04. The van der Waals surface area contributed by atoms with Crippen LogP contribution in [0.5, 0.6) is 0 Å². The van der Waals surface area contributed by atoms with Crippen LogP contribution in [-0.4, -0.2) is 29.5 Å². The van der Waals surface area contributed by atoms with Gasteiger partial charge in [-0.3, -0.25) is 4.90 Å². The maximum Gasteiger partial charge on any atom is 0.0901 e. The van der Waals surface area contributed by atoms with Crippen molar-refractivity contribution in [1.82, 2.24) is 4.90 Å². The summed E-state index contributed by atoms with van der Waals surface area (Å²) in [6.07, 6.45) is 2.01. The molecule has 1 aromatic carbocycles. The number of nitrogens with zero attached hydrogens (tertiary/aromatic N) is 1. The van der Waals surface area contributed by atoms with Gasteiger partial charge in [0.15, 0.2) is 0 Å². The van der Waals surface area contributed by atoms with Crippen LogP contribution >= 0.6 is 12.2 Å². The first-order valence-electron chi connectivity index (χ1n) is 5.68. The first kappa shape index (κ1) is 13.1. The number of benzene rings is 1. The molecule has 0 aliphatic heterocycles. The van der Waals surface area contributed by atoms with Gasteiger partial charge in [0.05, 0.1) is 11.0 Å². The third kappa shape index (κ3) is 3.91. The highest BCUT2D eigenvalue weighted by atomic mass is 32.1. The van der Waals surface area contributed by atoms with E-state index >= 15 is 0 Å². The van der Waals surface area contributed by atoms with Crippen LogP contribution in [0.3, 0.4) is 0 Å². The molecule has 0 saturated heterocycles. The highest BCUT2D eigenvalue weighted by Gasteiger charge is 2.14. The smallest absolute Gasteiger partial charge is 0.0901 e. The van der Waals surface area contributed by atoms with Crippen molar-refractivity contribution in [3.63, 3.8) is 0 Å². The summed E-state index contributed by atoms with van der Waals surface area (Å²) >= 11 is 5.06. The lowest BCUT2D eigenvalue weighted by Gasteiger charge is -2.26. The minimum absolute atomic E-state index is 0.221. The molecule has 0 fully saturated rings. The zero-order valence-electron chi connectivity index (χ0n) is 10.0. The Morgan fingerprint density at radius 1 is 1.38 bits per heavy atom. The Labute approximate surface area is 103 Å². The molecule has 0 radical (unpaired) electrons. The molecule has 0 aromatic heterocycles. The molecule has 3 heteroatoms. The fourth-order valence-electron chi connectivity index (χ4n) is 1.84. The van der Waals surface area contributed by atoms with Crippen molar-refractivity contribution < 1.29 is 0 Å². The molecule has 0 amide bonds. The largest absolute Gasteiger partial charge is 0.392 e. The quantitative estimate of drug-likeness (QED) is 0.768. The monoisotopic (exact) mass is 236 g/mol. The van der Waals surface area contributed by atoms with Gasteiger partial charge in [-0.2, -0.15) is 0 Å². The third-order valence-electron chi connectivity index (χ3n) is 2.84. The van der Waals surface area contributed by atoms with Crippen molar-refractivity contribution in [2.45, 2.75) is 25.8 Å². The van der Waals surface area contributed by atoms with E-state index in [9.17, 15) is 0 Å². The summed E-state index contributed by atoms with van der Waals surface area (Å²) in [7, 11) is 2.08. The zero-order chi connectivity index (χ0) is 12.0. The normalized spacial score (nSPS) is 12.7. The Balaban J connectivity index is 2.46. The molecule has 1 atom stereocenters. The van der Waals surface area contributed by atoms with E-state index in [1.54, 1.807) is 0 Å². The van der Waals surface area contributed by atoms with Gasteiger partial charge in [-0.25, -0.2) is 0 Å². The van der Waals surface area contributed by atoms with Crippen LogP contribution in [0.1, 0.15) is 18.9 Å². The number of likely N-dealkylation sites (N-methyl/N-ethyl adjacent to an activating group) is 1. The average Bonchev–Trinajstić information content (AvgIpc) is 2.28. The van der Waals surface area contributed by atoms with Crippen molar-refractivity contribution in [2.24, 2.45) is 5.73 Å². The molecule has 0 bridgehead atoms. The molecular formula is C13H20N2S. The summed E-state index contributed by atoms with van der Waals surface area (Å²) in [5, 5.41) is 0. The molecule has 1 aromatic rings. The van der Waals surface area contributed by atoms with Gasteiger partial charge in [-0.05, 0) is 25.5 Å². The average molecular weight is 236 g/mol. The van der Waals surface area contributed by atoms with E-state index in [1.807, 2.05) is 6.07 Å². The number of thiocarbonyl (C=S) groups is 1. The van der Waals surface area contributed by atoms with E-state index < -0.39 is 0 Å². The maximum absolute atomic E-state index is 5.71. The Morgan fingerprint density at radius 2 is 2.00 bits per heavy atom. The molecule has 0 aliphatic rings. The molecule has 1 rings (SSSR count). The Morgan fingerprint density at radius 3 is 2.50 bits per heavy atom. The Bertz CT molecular complexity index is 324. The predicted octanol–water partition coefficient (Wildman–Crippen LogP) is 2.23. The molecule has 2 nitrogen and oxygen atoms in total. The van der Waals surface area contributed by atoms with E-state index in [0.717, 1.165) is 19.4 Å². The minimum Gasteiger partial charge on any atom is -0.392 e. The summed E-state index contributed by atoms with van der Waals surface area (Å²) in [5.74, 6) is 0. The lowest BCUT2D eigenvalue weighted by atomic mass is 10.1. The zero-order valence-corrected chi connectivity index (χ0v) is 10.8. The molecule has 0 aliphatic carbocycles. The fraction of sp³-hybridized carbons (Fsp3) is 0.462. The molecule has 0 spiro atoms.